The molecule has 1 unspecified atom stereocenters. The zero-order valence-electron chi connectivity index (χ0n) is 15.9. The summed E-state index contributed by atoms with van der Waals surface area (Å²) in [5, 5.41) is 5.93. The number of rotatable bonds is 7. The minimum atomic E-state index is -0.0937. The van der Waals surface area contributed by atoms with E-state index in [1.807, 2.05) is 76.3 Å². The van der Waals surface area contributed by atoms with Gasteiger partial charge in [-0.2, -0.15) is 0 Å². The first-order valence-corrected chi connectivity index (χ1v) is 8.88. The molecular formula is C21H28N3O2+. The van der Waals surface area contributed by atoms with Crippen LogP contribution in [-0.2, 0) is 9.59 Å². The first-order chi connectivity index (χ1) is 12.4. The SMILES string of the molecule is Cc1cccc(C)c1NC(=O)C[NH+](C)CC(=O)N[C@@H](C)c1ccccc1. The van der Waals surface area contributed by atoms with Crippen LogP contribution in [0.3, 0.4) is 0 Å². The normalized spacial score (nSPS) is 12.9. The highest BCUT2D eigenvalue weighted by Gasteiger charge is 2.17. The lowest BCUT2D eigenvalue weighted by atomic mass is 10.1. The quantitative estimate of drug-likeness (QED) is 0.708. The Morgan fingerprint density at radius 3 is 2.12 bits per heavy atom. The number of nitrogens with one attached hydrogen (secondary N) is 3. The van der Waals surface area contributed by atoms with Crippen LogP contribution in [0.2, 0.25) is 0 Å². The number of quaternary nitrogens is 1. The van der Waals surface area contributed by atoms with Crippen molar-refractivity contribution in [3.63, 3.8) is 0 Å². The molecule has 138 valence electrons. The molecule has 0 aliphatic rings. The summed E-state index contributed by atoms with van der Waals surface area (Å²) in [7, 11) is 1.84. The van der Waals surface area contributed by atoms with Crippen molar-refractivity contribution >= 4 is 17.5 Å². The van der Waals surface area contributed by atoms with Crippen molar-refractivity contribution in [2.24, 2.45) is 0 Å². The summed E-state index contributed by atoms with van der Waals surface area (Å²) in [6, 6.07) is 15.7. The Labute approximate surface area is 155 Å². The van der Waals surface area contributed by atoms with E-state index < -0.39 is 0 Å². The van der Waals surface area contributed by atoms with Crippen LogP contribution >= 0.6 is 0 Å². The molecule has 3 N–H and O–H groups in total. The van der Waals surface area contributed by atoms with Gasteiger partial charge in [0.2, 0.25) is 0 Å². The van der Waals surface area contributed by atoms with Crippen LogP contribution in [0.25, 0.3) is 0 Å². The van der Waals surface area contributed by atoms with Crippen LogP contribution < -0.4 is 15.5 Å². The van der Waals surface area contributed by atoms with Crippen molar-refractivity contribution in [1.82, 2.24) is 5.32 Å². The fraction of sp³-hybridized carbons (Fsp3) is 0.333. The van der Waals surface area contributed by atoms with Gasteiger partial charge in [0.1, 0.15) is 0 Å². The van der Waals surface area contributed by atoms with Crippen LogP contribution in [0.1, 0.15) is 29.7 Å². The topological polar surface area (TPSA) is 62.6 Å². The van der Waals surface area contributed by atoms with Gasteiger partial charge < -0.3 is 15.5 Å². The third-order valence-corrected chi connectivity index (χ3v) is 4.35. The second-order valence-corrected chi connectivity index (χ2v) is 6.83. The molecule has 2 atom stereocenters. The molecule has 0 aromatic heterocycles. The van der Waals surface area contributed by atoms with Crippen molar-refractivity contribution in [1.29, 1.82) is 0 Å². The predicted octanol–water partition coefficient (Wildman–Crippen LogP) is 1.63. The fourth-order valence-electron chi connectivity index (χ4n) is 2.92. The van der Waals surface area contributed by atoms with Crippen LogP contribution in [-0.4, -0.2) is 32.0 Å². The zero-order chi connectivity index (χ0) is 19.1. The maximum atomic E-state index is 12.3. The summed E-state index contributed by atoms with van der Waals surface area (Å²) in [6.07, 6.45) is 0. The van der Waals surface area contributed by atoms with E-state index in [2.05, 4.69) is 10.6 Å². The molecule has 0 aliphatic carbocycles. The van der Waals surface area contributed by atoms with Crippen molar-refractivity contribution in [2.75, 3.05) is 25.5 Å². The Hall–Kier alpha value is -2.66. The van der Waals surface area contributed by atoms with Crippen LogP contribution in [0.15, 0.2) is 48.5 Å². The maximum Gasteiger partial charge on any atom is 0.279 e. The number of aryl methyl sites for hydroxylation is 2. The Morgan fingerprint density at radius 1 is 0.923 bits per heavy atom. The molecule has 0 saturated carbocycles. The highest BCUT2D eigenvalue weighted by molar-refractivity contribution is 5.93. The van der Waals surface area contributed by atoms with Crippen LogP contribution in [0, 0.1) is 13.8 Å². The lowest BCUT2D eigenvalue weighted by molar-refractivity contribution is -0.862. The first-order valence-electron chi connectivity index (χ1n) is 8.88. The third-order valence-electron chi connectivity index (χ3n) is 4.35. The molecule has 0 spiro atoms. The number of para-hydroxylation sites is 1. The van der Waals surface area contributed by atoms with E-state index >= 15 is 0 Å². The minimum absolute atomic E-state index is 0.0556. The molecule has 0 radical (unpaired) electrons. The number of amides is 2. The van der Waals surface area contributed by atoms with Crippen molar-refractivity contribution in [2.45, 2.75) is 26.8 Å². The van der Waals surface area contributed by atoms with Crippen molar-refractivity contribution in [3.8, 4) is 0 Å². The number of likely N-dealkylation sites (N-methyl/N-ethyl adjacent to an activating group) is 1. The highest BCUT2D eigenvalue weighted by Crippen LogP contribution is 2.18. The van der Waals surface area contributed by atoms with Crippen molar-refractivity contribution in [3.05, 3.63) is 65.2 Å². The lowest BCUT2D eigenvalue weighted by Crippen LogP contribution is -3.11. The van der Waals surface area contributed by atoms with E-state index in [0.717, 1.165) is 27.3 Å². The van der Waals surface area contributed by atoms with Crippen LogP contribution in [0.4, 0.5) is 5.69 Å². The molecule has 2 aromatic carbocycles. The Kier molecular flexibility index (Phi) is 6.92. The van der Waals surface area contributed by atoms with E-state index in [1.165, 1.54) is 0 Å². The average Bonchev–Trinajstić information content (AvgIpc) is 2.58. The van der Waals surface area contributed by atoms with E-state index in [9.17, 15) is 9.59 Å². The van der Waals surface area contributed by atoms with Crippen molar-refractivity contribution < 1.29 is 14.5 Å². The van der Waals surface area contributed by atoms with Gasteiger partial charge in [0.05, 0.1) is 13.1 Å². The lowest BCUT2D eigenvalue weighted by Gasteiger charge is -2.18. The predicted molar refractivity (Wildman–Crippen MR) is 104 cm³/mol. The molecule has 5 nitrogen and oxygen atoms in total. The Morgan fingerprint density at radius 2 is 1.50 bits per heavy atom. The van der Waals surface area contributed by atoms with Gasteiger partial charge in [-0.1, -0.05) is 48.5 Å². The molecule has 5 heteroatoms. The van der Waals surface area contributed by atoms with Gasteiger partial charge >= 0.3 is 0 Å². The van der Waals surface area contributed by atoms with Gasteiger partial charge in [-0.25, -0.2) is 0 Å². The number of benzene rings is 2. The summed E-state index contributed by atoms with van der Waals surface area (Å²) in [5.41, 5.74) is 3.98. The fourth-order valence-corrected chi connectivity index (χ4v) is 2.92. The molecule has 0 heterocycles. The van der Waals surface area contributed by atoms with E-state index in [1.54, 1.807) is 0 Å². The van der Waals surface area contributed by atoms with Gasteiger partial charge in [-0.05, 0) is 37.5 Å². The number of hydrogen-bond acceptors (Lipinski definition) is 2. The summed E-state index contributed by atoms with van der Waals surface area (Å²) < 4.78 is 0. The largest absolute Gasteiger partial charge is 0.345 e. The summed E-state index contributed by atoms with van der Waals surface area (Å²) in [6.45, 7) is 6.38. The first kappa shape index (κ1) is 19.7. The minimum Gasteiger partial charge on any atom is -0.345 e. The molecule has 2 amide bonds. The number of anilines is 1. The monoisotopic (exact) mass is 354 g/mol. The second kappa shape index (κ2) is 9.15. The molecule has 26 heavy (non-hydrogen) atoms. The molecule has 0 fully saturated rings. The summed E-state index contributed by atoms with van der Waals surface area (Å²) in [5.74, 6) is -0.164. The number of carbonyl (C=O) groups excluding carboxylic acids is 2. The molecule has 2 aromatic rings. The molecule has 0 bridgehead atoms. The van der Waals surface area contributed by atoms with Gasteiger partial charge in [0, 0.05) is 5.69 Å². The zero-order valence-corrected chi connectivity index (χ0v) is 15.9. The van der Waals surface area contributed by atoms with Gasteiger partial charge in [-0.15, -0.1) is 0 Å². The Balaban J connectivity index is 1.83. The summed E-state index contributed by atoms with van der Waals surface area (Å²) >= 11 is 0. The van der Waals surface area contributed by atoms with E-state index in [0.29, 0.717) is 0 Å². The molecule has 0 aliphatic heterocycles. The van der Waals surface area contributed by atoms with Gasteiger partial charge in [0.15, 0.2) is 13.1 Å². The molecule has 2 rings (SSSR count). The van der Waals surface area contributed by atoms with E-state index in [4.69, 9.17) is 0 Å². The number of hydrogen-bond donors (Lipinski definition) is 3. The standard InChI is InChI=1S/C21H27N3O2/c1-15-9-8-10-16(2)21(15)23-20(26)14-24(4)13-19(25)22-17(3)18-11-6-5-7-12-18/h5-12,17H,13-14H2,1-4H3,(H,22,25)(H,23,26)/p+1/t17-/m0/s1. The van der Waals surface area contributed by atoms with Crippen LogP contribution in [0.5, 0.6) is 0 Å². The summed E-state index contributed by atoms with van der Waals surface area (Å²) in [4.78, 5) is 25.3. The Bertz CT molecular complexity index is 739. The molecule has 0 saturated heterocycles. The van der Waals surface area contributed by atoms with Gasteiger partial charge in [-0.3, -0.25) is 9.59 Å². The smallest absolute Gasteiger partial charge is 0.279 e. The second-order valence-electron chi connectivity index (χ2n) is 6.83. The highest BCUT2D eigenvalue weighted by atomic mass is 16.2. The average molecular weight is 354 g/mol. The number of carbonyl (C=O) groups is 2. The third kappa shape index (κ3) is 5.70. The molecular weight excluding hydrogens is 326 g/mol. The van der Waals surface area contributed by atoms with E-state index in [-0.39, 0.29) is 30.9 Å². The van der Waals surface area contributed by atoms with Gasteiger partial charge in [0.25, 0.3) is 11.8 Å². The maximum absolute atomic E-state index is 12.3.